The molecule has 0 unspecified atom stereocenters. The van der Waals surface area contributed by atoms with Gasteiger partial charge in [0.15, 0.2) is 5.54 Å². The summed E-state index contributed by atoms with van der Waals surface area (Å²) in [5.74, 6) is 0.935. The number of benzene rings is 1. The lowest BCUT2D eigenvalue weighted by molar-refractivity contribution is -0.169. The summed E-state index contributed by atoms with van der Waals surface area (Å²) in [6, 6.07) is 6.14. The number of nitrogens with one attached hydrogen (secondary N) is 1. The molecule has 28 heavy (non-hydrogen) atoms. The van der Waals surface area contributed by atoms with E-state index in [1.807, 2.05) is 30.0 Å². The minimum Gasteiger partial charge on any atom is -0.497 e. The first-order valence-corrected chi connectivity index (χ1v) is 10.3. The number of nitrogens with zero attached hydrogens (tertiary/aromatic N) is 2. The van der Waals surface area contributed by atoms with E-state index < -0.39 is 5.54 Å². The second-order valence-electron chi connectivity index (χ2n) is 8.48. The maximum atomic E-state index is 13.8. The molecule has 2 aliphatic heterocycles. The minimum absolute atomic E-state index is 0.0644. The Labute approximate surface area is 164 Å². The Kier molecular flexibility index (Phi) is 3.93. The van der Waals surface area contributed by atoms with Gasteiger partial charge in [-0.25, -0.2) is 0 Å². The standard InChI is InChI=1S/C22H27N3O3/c1-22-20-16(17-12-15(28-2)8-9-18(17)23-20)10-11-25(22)19(26)13-24(21(22)27)14-6-4-3-5-7-14/h8-9,12,14,23H,3-7,10-11,13H2,1-2H3/t22-/m1/s1. The molecule has 1 aliphatic carbocycles. The molecule has 3 heterocycles. The van der Waals surface area contributed by atoms with Crippen molar-refractivity contribution >= 4 is 22.7 Å². The number of aromatic nitrogens is 1. The Morgan fingerprint density at radius 1 is 1.18 bits per heavy atom. The number of rotatable bonds is 2. The highest BCUT2D eigenvalue weighted by atomic mass is 16.5. The van der Waals surface area contributed by atoms with Crippen LogP contribution in [0.1, 0.15) is 50.3 Å². The number of hydrogen-bond donors (Lipinski definition) is 1. The van der Waals surface area contributed by atoms with E-state index in [4.69, 9.17) is 4.74 Å². The normalized spacial score (nSPS) is 25.8. The van der Waals surface area contributed by atoms with E-state index in [0.717, 1.165) is 60.0 Å². The lowest BCUT2D eigenvalue weighted by Crippen LogP contribution is -2.68. The number of carbonyl (C=O) groups is 2. The summed E-state index contributed by atoms with van der Waals surface area (Å²) in [6.45, 7) is 2.73. The molecule has 6 nitrogen and oxygen atoms in total. The van der Waals surface area contributed by atoms with Gasteiger partial charge in [-0.15, -0.1) is 0 Å². The van der Waals surface area contributed by atoms with Crippen LogP contribution in [0.5, 0.6) is 5.75 Å². The van der Waals surface area contributed by atoms with Crippen molar-refractivity contribution in [3.05, 3.63) is 29.5 Å². The van der Waals surface area contributed by atoms with Crippen molar-refractivity contribution in [1.29, 1.82) is 0 Å². The lowest BCUT2D eigenvalue weighted by Gasteiger charge is -2.51. The number of H-pyrrole nitrogens is 1. The monoisotopic (exact) mass is 381 g/mol. The zero-order chi connectivity index (χ0) is 19.5. The topological polar surface area (TPSA) is 65.6 Å². The van der Waals surface area contributed by atoms with Crippen LogP contribution in [0.25, 0.3) is 10.9 Å². The molecule has 1 saturated carbocycles. The van der Waals surface area contributed by atoms with E-state index in [2.05, 4.69) is 4.98 Å². The number of hydrogen-bond acceptors (Lipinski definition) is 3. The smallest absolute Gasteiger partial charge is 0.255 e. The summed E-state index contributed by atoms with van der Waals surface area (Å²) in [7, 11) is 1.66. The van der Waals surface area contributed by atoms with Crippen molar-refractivity contribution in [2.24, 2.45) is 0 Å². The molecule has 1 aromatic heterocycles. The predicted octanol–water partition coefficient (Wildman–Crippen LogP) is 2.95. The second-order valence-corrected chi connectivity index (χ2v) is 8.48. The molecule has 148 valence electrons. The van der Waals surface area contributed by atoms with Crippen LogP contribution in [0.3, 0.4) is 0 Å². The Morgan fingerprint density at radius 3 is 2.71 bits per heavy atom. The molecule has 1 N–H and O–H groups in total. The van der Waals surface area contributed by atoms with E-state index in [0.29, 0.717) is 6.54 Å². The highest BCUT2D eigenvalue weighted by Gasteiger charge is 2.55. The summed E-state index contributed by atoms with van der Waals surface area (Å²) in [5, 5.41) is 1.09. The van der Waals surface area contributed by atoms with Crippen LogP contribution in [-0.2, 0) is 21.5 Å². The Hall–Kier alpha value is -2.50. The number of ether oxygens (including phenoxy) is 1. The van der Waals surface area contributed by atoms with Crippen molar-refractivity contribution in [3.63, 3.8) is 0 Å². The number of carbonyl (C=O) groups excluding carboxylic acids is 2. The predicted molar refractivity (Wildman–Crippen MR) is 106 cm³/mol. The third-order valence-electron chi connectivity index (χ3n) is 7.02. The molecule has 3 aliphatic rings. The van der Waals surface area contributed by atoms with Crippen molar-refractivity contribution in [2.75, 3.05) is 20.2 Å². The zero-order valence-corrected chi connectivity index (χ0v) is 16.6. The number of amides is 2. The van der Waals surface area contributed by atoms with Gasteiger partial charge in [-0.2, -0.15) is 0 Å². The molecule has 0 radical (unpaired) electrons. The summed E-state index contributed by atoms with van der Waals surface area (Å²) >= 11 is 0. The molecule has 1 aromatic carbocycles. The molecule has 1 saturated heterocycles. The quantitative estimate of drug-likeness (QED) is 0.870. The summed E-state index contributed by atoms with van der Waals surface area (Å²) in [6.07, 6.45) is 6.27. The van der Waals surface area contributed by atoms with Gasteiger partial charge in [-0.05, 0) is 49.9 Å². The van der Waals surface area contributed by atoms with Crippen molar-refractivity contribution < 1.29 is 14.3 Å². The molecule has 6 heteroatoms. The molecule has 2 amide bonds. The fraction of sp³-hybridized carbons (Fsp3) is 0.545. The van der Waals surface area contributed by atoms with E-state index >= 15 is 0 Å². The van der Waals surface area contributed by atoms with Crippen LogP contribution >= 0.6 is 0 Å². The molecule has 2 aromatic rings. The van der Waals surface area contributed by atoms with Crippen LogP contribution in [0.2, 0.25) is 0 Å². The highest BCUT2D eigenvalue weighted by molar-refractivity contribution is 6.01. The highest BCUT2D eigenvalue weighted by Crippen LogP contribution is 2.43. The van der Waals surface area contributed by atoms with Crippen LogP contribution in [0.15, 0.2) is 18.2 Å². The SMILES string of the molecule is COc1ccc2[nH]c3c(c2c1)CCN1C(=O)CN(C2CCCCC2)C(=O)[C@@]31C. The lowest BCUT2D eigenvalue weighted by atomic mass is 9.82. The summed E-state index contributed by atoms with van der Waals surface area (Å²) in [4.78, 5) is 34.0. The van der Waals surface area contributed by atoms with Crippen LogP contribution in [-0.4, -0.2) is 52.8 Å². The molecule has 1 atom stereocenters. The number of fused-ring (bicyclic) bond motifs is 5. The maximum absolute atomic E-state index is 13.8. The first-order chi connectivity index (χ1) is 13.5. The maximum Gasteiger partial charge on any atom is 0.255 e. The van der Waals surface area contributed by atoms with Crippen LogP contribution < -0.4 is 4.74 Å². The molecule has 5 rings (SSSR count). The van der Waals surface area contributed by atoms with Crippen molar-refractivity contribution in [1.82, 2.24) is 14.8 Å². The third-order valence-corrected chi connectivity index (χ3v) is 7.02. The number of methoxy groups -OCH3 is 1. The molecular formula is C22H27N3O3. The summed E-state index contributed by atoms with van der Waals surface area (Å²) < 4.78 is 5.40. The van der Waals surface area contributed by atoms with E-state index in [1.165, 1.54) is 6.42 Å². The Morgan fingerprint density at radius 2 is 1.96 bits per heavy atom. The van der Waals surface area contributed by atoms with Crippen LogP contribution in [0.4, 0.5) is 0 Å². The van der Waals surface area contributed by atoms with Crippen LogP contribution in [0, 0.1) is 0 Å². The first-order valence-electron chi connectivity index (χ1n) is 10.3. The van der Waals surface area contributed by atoms with Crippen molar-refractivity contribution in [2.45, 2.75) is 57.0 Å². The van der Waals surface area contributed by atoms with Gasteiger partial charge < -0.3 is 19.5 Å². The van der Waals surface area contributed by atoms with Gasteiger partial charge in [0.1, 0.15) is 12.3 Å². The molecule has 0 spiro atoms. The average molecular weight is 381 g/mol. The number of piperazine rings is 1. The largest absolute Gasteiger partial charge is 0.497 e. The molecule has 2 fully saturated rings. The van der Waals surface area contributed by atoms with Gasteiger partial charge in [0, 0.05) is 23.5 Å². The van der Waals surface area contributed by atoms with E-state index in [1.54, 1.807) is 12.0 Å². The second kappa shape index (κ2) is 6.26. The minimum atomic E-state index is -0.952. The summed E-state index contributed by atoms with van der Waals surface area (Å²) in [5.41, 5.74) is 2.05. The van der Waals surface area contributed by atoms with E-state index in [-0.39, 0.29) is 24.4 Å². The van der Waals surface area contributed by atoms with Gasteiger partial charge in [-0.3, -0.25) is 9.59 Å². The van der Waals surface area contributed by atoms with Gasteiger partial charge in [0.25, 0.3) is 5.91 Å². The zero-order valence-electron chi connectivity index (χ0n) is 16.6. The first kappa shape index (κ1) is 17.6. The fourth-order valence-corrected chi connectivity index (χ4v) is 5.48. The third kappa shape index (κ3) is 2.33. The fourth-order valence-electron chi connectivity index (χ4n) is 5.48. The van der Waals surface area contributed by atoms with Gasteiger partial charge >= 0.3 is 0 Å². The molecule has 0 bridgehead atoms. The number of aromatic amines is 1. The molecular weight excluding hydrogens is 354 g/mol. The average Bonchev–Trinajstić information content (AvgIpc) is 3.10. The van der Waals surface area contributed by atoms with Crippen molar-refractivity contribution in [3.8, 4) is 5.75 Å². The van der Waals surface area contributed by atoms with Gasteiger partial charge in [0.05, 0.1) is 12.8 Å². The van der Waals surface area contributed by atoms with Gasteiger partial charge in [-0.1, -0.05) is 19.3 Å². The van der Waals surface area contributed by atoms with E-state index in [9.17, 15) is 9.59 Å². The Balaban J connectivity index is 1.62. The Bertz CT molecular complexity index is 959. The van der Waals surface area contributed by atoms with Gasteiger partial charge in [0.2, 0.25) is 5.91 Å².